The molecule has 1 fully saturated rings. The third-order valence-electron chi connectivity index (χ3n) is 7.16. The summed E-state index contributed by atoms with van der Waals surface area (Å²) in [6, 6.07) is 10.1. The molecule has 1 saturated carbocycles. The number of rotatable bonds is 5. The number of hydrogen-bond acceptors (Lipinski definition) is 5. The first-order chi connectivity index (χ1) is 15.3. The standard InChI is InChI=1S/C26H33N3OS2/c1-26(2)14-23-22(17-29(26)16-19-7-5-4-6-8-19)21(15-27)25(32-23)28(3)24(30)13-18-9-11-20(31)12-10-18/h9-12,19,31H,4-8,13-14,16-17H2,1-3H3. The first-order valence-corrected chi connectivity index (χ1v) is 12.9. The molecule has 0 radical (unpaired) electrons. The van der Waals surface area contributed by atoms with Gasteiger partial charge in [0.05, 0.1) is 12.0 Å². The number of hydrogen-bond donors (Lipinski definition) is 1. The van der Waals surface area contributed by atoms with E-state index in [0.29, 0.717) is 12.0 Å². The number of benzene rings is 1. The molecule has 0 atom stereocenters. The molecule has 1 aromatic heterocycles. The van der Waals surface area contributed by atoms with Gasteiger partial charge in [-0.05, 0) is 50.3 Å². The van der Waals surface area contributed by atoms with Gasteiger partial charge in [0.25, 0.3) is 0 Å². The van der Waals surface area contributed by atoms with Crippen LogP contribution in [0, 0.1) is 17.2 Å². The van der Waals surface area contributed by atoms with Crippen LogP contribution in [0.25, 0.3) is 0 Å². The fourth-order valence-corrected chi connectivity index (χ4v) is 6.69. The molecule has 2 aliphatic rings. The number of carbonyl (C=O) groups excluding carboxylic acids is 1. The number of thiol groups is 1. The number of thiophene rings is 1. The van der Waals surface area contributed by atoms with Gasteiger partial charge in [0.15, 0.2) is 0 Å². The van der Waals surface area contributed by atoms with Crippen LogP contribution >= 0.6 is 24.0 Å². The van der Waals surface area contributed by atoms with Crippen molar-refractivity contribution < 1.29 is 4.79 Å². The number of fused-ring (bicyclic) bond motifs is 1. The van der Waals surface area contributed by atoms with Gasteiger partial charge >= 0.3 is 0 Å². The largest absolute Gasteiger partial charge is 0.306 e. The molecular weight excluding hydrogens is 434 g/mol. The summed E-state index contributed by atoms with van der Waals surface area (Å²) in [5.74, 6) is 0.770. The minimum atomic E-state index is 0.00494. The van der Waals surface area contributed by atoms with Crippen LogP contribution in [0.2, 0.25) is 0 Å². The molecule has 2 heterocycles. The fraction of sp³-hybridized carbons (Fsp3) is 0.538. The minimum absolute atomic E-state index is 0.00494. The topological polar surface area (TPSA) is 47.3 Å². The maximum absolute atomic E-state index is 13.0. The van der Waals surface area contributed by atoms with Crippen LogP contribution in [0.5, 0.6) is 0 Å². The first-order valence-electron chi connectivity index (χ1n) is 11.6. The first kappa shape index (κ1) is 23.4. The smallest absolute Gasteiger partial charge is 0.231 e. The minimum Gasteiger partial charge on any atom is -0.306 e. The Morgan fingerprint density at radius 2 is 1.94 bits per heavy atom. The zero-order valence-electron chi connectivity index (χ0n) is 19.4. The summed E-state index contributed by atoms with van der Waals surface area (Å²) in [4.78, 5) is 19.4. The number of nitrogens with zero attached hydrogens (tertiary/aromatic N) is 3. The predicted molar refractivity (Wildman–Crippen MR) is 135 cm³/mol. The monoisotopic (exact) mass is 467 g/mol. The summed E-state index contributed by atoms with van der Waals surface area (Å²) in [6.45, 7) is 6.57. The van der Waals surface area contributed by atoms with Crippen molar-refractivity contribution in [3.63, 3.8) is 0 Å². The molecule has 170 valence electrons. The van der Waals surface area contributed by atoms with Gasteiger partial charge in [-0.2, -0.15) is 5.26 Å². The zero-order valence-corrected chi connectivity index (χ0v) is 21.1. The van der Waals surface area contributed by atoms with Crippen LogP contribution in [-0.2, 0) is 24.2 Å². The third kappa shape index (κ3) is 4.90. The van der Waals surface area contributed by atoms with Gasteiger partial charge in [-0.3, -0.25) is 9.69 Å². The van der Waals surface area contributed by atoms with Gasteiger partial charge in [-0.15, -0.1) is 24.0 Å². The molecule has 2 aromatic rings. The van der Waals surface area contributed by atoms with Crippen molar-refractivity contribution >= 4 is 34.9 Å². The van der Waals surface area contributed by atoms with Crippen molar-refractivity contribution in [1.82, 2.24) is 4.90 Å². The maximum Gasteiger partial charge on any atom is 0.231 e. The Morgan fingerprint density at radius 1 is 1.25 bits per heavy atom. The molecule has 0 spiro atoms. The van der Waals surface area contributed by atoms with Crippen LogP contribution in [0.15, 0.2) is 29.2 Å². The van der Waals surface area contributed by atoms with E-state index < -0.39 is 0 Å². The van der Waals surface area contributed by atoms with Crippen molar-refractivity contribution in [3.05, 3.63) is 45.8 Å². The van der Waals surface area contributed by atoms with E-state index in [-0.39, 0.29) is 11.4 Å². The highest BCUT2D eigenvalue weighted by atomic mass is 32.1. The predicted octanol–water partition coefficient (Wildman–Crippen LogP) is 5.83. The van der Waals surface area contributed by atoms with Gasteiger partial charge in [-0.25, -0.2) is 0 Å². The van der Waals surface area contributed by atoms with Gasteiger partial charge in [0.1, 0.15) is 11.1 Å². The zero-order chi connectivity index (χ0) is 22.9. The molecule has 0 unspecified atom stereocenters. The van der Waals surface area contributed by atoms with Crippen molar-refractivity contribution in [2.45, 2.75) is 75.8 Å². The molecule has 4 rings (SSSR count). The van der Waals surface area contributed by atoms with E-state index >= 15 is 0 Å². The Balaban J connectivity index is 1.55. The average Bonchev–Trinajstić information content (AvgIpc) is 3.11. The molecule has 1 aliphatic carbocycles. The van der Waals surface area contributed by atoms with Crippen molar-refractivity contribution in [2.75, 3.05) is 18.5 Å². The lowest BCUT2D eigenvalue weighted by Crippen LogP contribution is -2.50. The molecule has 0 N–H and O–H groups in total. The SMILES string of the molecule is CN(C(=O)Cc1ccc(S)cc1)c1sc2c(c1C#N)CN(CC1CCCCC1)C(C)(C)C2. The molecule has 0 saturated heterocycles. The highest BCUT2D eigenvalue weighted by Gasteiger charge is 2.38. The second-order valence-corrected chi connectivity index (χ2v) is 11.6. The molecule has 1 amide bonds. The van der Waals surface area contributed by atoms with Crippen molar-refractivity contribution in [1.29, 1.82) is 5.26 Å². The van der Waals surface area contributed by atoms with Gasteiger partial charge in [0.2, 0.25) is 5.91 Å². The number of amides is 1. The van der Waals surface area contributed by atoms with E-state index in [9.17, 15) is 10.1 Å². The molecule has 1 aliphatic heterocycles. The van der Waals surface area contributed by atoms with E-state index in [1.165, 1.54) is 37.0 Å². The lowest BCUT2D eigenvalue weighted by Gasteiger charge is -2.44. The van der Waals surface area contributed by atoms with Gasteiger partial charge in [-0.1, -0.05) is 31.4 Å². The summed E-state index contributed by atoms with van der Waals surface area (Å²) in [5.41, 5.74) is 2.85. The molecule has 0 bridgehead atoms. The average molecular weight is 468 g/mol. The Morgan fingerprint density at radius 3 is 2.59 bits per heavy atom. The van der Waals surface area contributed by atoms with E-state index in [2.05, 4.69) is 37.4 Å². The molecule has 32 heavy (non-hydrogen) atoms. The lowest BCUT2D eigenvalue weighted by molar-refractivity contribution is -0.117. The number of anilines is 1. The van der Waals surface area contributed by atoms with Crippen LogP contribution < -0.4 is 4.90 Å². The van der Waals surface area contributed by atoms with Gasteiger partial charge < -0.3 is 4.90 Å². The van der Waals surface area contributed by atoms with Gasteiger partial charge in [0, 0.05) is 47.4 Å². The number of carbonyl (C=O) groups is 1. The van der Waals surface area contributed by atoms with E-state index in [4.69, 9.17) is 0 Å². The lowest BCUT2D eigenvalue weighted by atomic mass is 9.84. The second-order valence-electron chi connectivity index (χ2n) is 9.97. The summed E-state index contributed by atoms with van der Waals surface area (Å²) in [7, 11) is 1.80. The Bertz CT molecular complexity index is 1010. The summed E-state index contributed by atoms with van der Waals surface area (Å²) >= 11 is 5.95. The number of nitriles is 1. The molecular formula is C26H33N3OS2. The van der Waals surface area contributed by atoms with Crippen LogP contribution in [0.3, 0.4) is 0 Å². The van der Waals surface area contributed by atoms with E-state index in [0.717, 1.165) is 46.5 Å². The van der Waals surface area contributed by atoms with Crippen molar-refractivity contribution in [2.24, 2.45) is 5.92 Å². The summed E-state index contributed by atoms with van der Waals surface area (Å²) in [5, 5.41) is 10.8. The Labute approximate surface area is 201 Å². The summed E-state index contributed by atoms with van der Waals surface area (Å²) in [6.07, 6.45) is 7.96. The third-order valence-corrected chi connectivity index (χ3v) is 8.76. The quantitative estimate of drug-likeness (QED) is 0.563. The highest BCUT2D eigenvalue weighted by Crippen LogP contribution is 2.43. The molecule has 6 heteroatoms. The van der Waals surface area contributed by atoms with Crippen LogP contribution in [-0.4, -0.2) is 29.9 Å². The normalized spacial score (nSPS) is 18.7. The Kier molecular flexibility index (Phi) is 7.00. The van der Waals surface area contributed by atoms with E-state index in [1.54, 1.807) is 23.3 Å². The van der Waals surface area contributed by atoms with Crippen LogP contribution in [0.1, 0.15) is 67.5 Å². The van der Waals surface area contributed by atoms with Crippen LogP contribution in [0.4, 0.5) is 5.00 Å². The Hall–Kier alpha value is -1.81. The second kappa shape index (κ2) is 9.59. The maximum atomic E-state index is 13.0. The van der Waals surface area contributed by atoms with Crippen molar-refractivity contribution in [3.8, 4) is 6.07 Å². The molecule has 4 nitrogen and oxygen atoms in total. The number of likely N-dealkylation sites (N-methyl/N-ethyl adjacent to an activating group) is 1. The van der Waals surface area contributed by atoms with E-state index in [1.807, 2.05) is 24.3 Å². The highest BCUT2D eigenvalue weighted by molar-refractivity contribution is 7.80. The fourth-order valence-electron chi connectivity index (χ4n) is 5.08. The summed E-state index contributed by atoms with van der Waals surface area (Å²) < 4.78 is 0. The molecule has 1 aromatic carbocycles.